The number of para-hydroxylation sites is 2. The highest BCUT2D eigenvalue weighted by Crippen LogP contribution is 2.31. The summed E-state index contributed by atoms with van der Waals surface area (Å²) in [6, 6.07) is 8.61. The van der Waals surface area contributed by atoms with E-state index in [1.165, 1.54) is 5.69 Å². The Hall–Kier alpha value is -1.26. The Labute approximate surface area is 115 Å². The van der Waals surface area contributed by atoms with Crippen LogP contribution in [0, 0.1) is 0 Å². The van der Waals surface area contributed by atoms with Gasteiger partial charge in [-0.15, -0.1) is 0 Å². The zero-order chi connectivity index (χ0) is 13.5. The van der Waals surface area contributed by atoms with Crippen LogP contribution in [0.4, 0.5) is 5.69 Å². The van der Waals surface area contributed by atoms with Gasteiger partial charge in [-0.1, -0.05) is 19.1 Å². The van der Waals surface area contributed by atoms with Gasteiger partial charge in [-0.2, -0.15) is 0 Å². The van der Waals surface area contributed by atoms with Gasteiger partial charge in [0.15, 0.2) is 0 Å². The molecular formula is C15H24N2O2. The van der Waals surface area contributed by atoms with E-state index in [2.05, 4.69) is 29.3 Å². The van der Waals surface area contributed by atoms with Crippen molar-refractivity contribution in [3.05, 3.63) is 24.3 Å². The summed E-state index contributed by atoms with van der Waals surface area (Å²) in [4.78, 5) is 2.41. The second-order valence-corrected chi connectivity index (χ2v) is 4.78. The molecule has 4 nitrogen and oxygen atoms in total. The third kappa shape index (κ3) is 3.61. The monoisotopic (exact) mass is 264 g/mol. The molecule has 0 spiro atoms. The first kappa shape index (κ1) is 14.2. The summed E-state index contributed by atoms with van der Waals surface area (Å²) in [5.41, 5.74) is 1.18. The molecule has 4 heteroatoms. The van der Waals surface area contributed by atoms with Gasteiger partial charge in [0.05, 0.1) is 24.9 Å². The van der Waals surface area contributed by atoms with Crippen molar-refractivity contribution >= 4 is 5.69 Å². The fourth-order valence-electron chi connectivity index (χ4n) is 2.50. The van der Waals surface area contributed by atoms with Crippen molar-refractivity contribution in [3.8, 4) is 5.75 Å². The zero-order valence-electron chi connectivity index (χ0n) is 11.9. The standard InChI is InChI=1S/C15H24N2O2/c1-3-16-11-13(12-18-2)17-9-6-10-19-15-8-5-4-7-14(15)17/h4-5,7-8,13,16H,3,6,9-12H2,1-2H3. The van der Waals surface area contributed by atoms with Crippen LogP contribution in [-0.4, -0.2) is 46.0 Å². The van der Waals surface area contributed by atoms with E-state index in [1.54, 1.807) is 7.11 Å². The molecule has 1 aliphatic heterocycles. The summed E-state index contributed by atoms with van der Waals surface area (Å²) in [7, 11) is 1.76. The fourth-order valence-corrected chi connectivity index (χ4v) is 2.50. The second kappa shape index (κ2) is 7.36. The molecule has 1 aromatic carbocycles. The maximum atomic E-state index is 5.81. The van der Waals surface area contributed by atoms with Crippen molar-refractivity contribution in [1.82, 2.24) is 5.32 Å². The molecule has 1 aromatic rings. The summed E-state index contributed by atoms with van der Waals surface area (Å²) in [6.45, 7) is 6.56. The van der Waals surface area contributed by atoms with Gasteiger partial charge in [0.1, 0.15) is 5.75 Å². The summed E-state index contributed by atoms with van der Waals surface area (Å²) in [6.07, 6.45) is 1.04. The van der Waals surface area contributed by atoms with Crippen molar-refractivity contribution in [2.45, 2.75) is 19.4 Å². The van der Waals surface area contributed by atoms with Crippen LogP contribution in [0.5, 0.6) is 5.75 Å². The SMILES string of the molecule is CCNCC(COC)N1CCCOc2ccccc21. The summed E-state index contributed by atoms with van der Waals surface area (Å²) >= 11 is 0. The van der Waals surface area contributed by atoms with Gasteiger partial charge in [-0.05, 0) is 25.1 Å². The lowest BCUT2D eigenvalue weighted by atomic mass is 10.2. The van der Waals surface area contributed by atoms with Crippen LogP contribution in [0.25, 0.3) is 0 Å². The normalized spacial score (nSPS) is 16.4. The lowest BCUT2D eigenvalue weighted by Crippen LogP contribution is -2.45. The molecule has 1 atom stereocenters. The van der Waals surface area contributed by atoms with Gasteiger partial charge in [0.25, 0.3) is 0 Å². The number of benzene rings is 1. The zero-order valence-corrected chi connectivity index (χ0v) is 11.9. The maximum Gasteiger partial charge on any atom is 0.142 e. The quantitative estimate of drug-likeness (QED) is 0.851. The predicted molar refractivity (Wildman–Crippen MR) is 78.1 cm³/mol. The largest absolute Gasteiger partial charge is 0.491 e. The van der Waals surface area contributed by atoms with Crippen LogP contribution < -0.4 is 15.0 Å². The molecule has 0 radical (unpaired) electrons. The number of ether oxygens (including phenoxy) is 2. The van der Waals surface area contributed by atoms with E-state index in [0.29, 0.717) is 6.04 Å². The van der Waals surface area contributed by atoms with Crippen molar-refractivity contribution in [2.24, 2.45) is 0 Å². The van der Waals surface area contributed by atoms with Crippen molar-refractivity contribution in [3.63, 3.8) is 0 Å². The lowest BCUT2D eigenvalue weighted by Gasteiger charge is -2.32. The minimum absolute atomic E-state index is 0.341. The third-order valence-corrected chi connectivity index (χ3v) is 3.41. The van der Waals surface area contributed by atoms with E-state index in [0.717, 1.165) is 45.0 Å². The second-order valence-electron chi connectivity index (χ2n) is 4.78. The molecule has 0 aromatic heterocycles. The average Bonchev–Trinajstić information content (AvgIpc) is 2.66. The number of fused-ring (bicyclic) bond motifs is 1. The molecule has 0 aliphatic carbocycles. The molecule has 0 amide bonds. The summed E-state index contributed by atoms with van der Waals surface area (Å²) in [5.74, 6) is 0.984. The number of methoxy groups -OCH3 is 1. The van der Waals surface area contributed by atoms with Gasteiger partial charge < -0.3 is 19.7 Å². The number of nitrogens with one attached hydrogen (secondary N) is 1. The molecule has 1 N–H and O–H groups in total. The first-order valence-corrected chi connectivity index (χ1v) is 7.05. The topological polar surface area (TPSA) is 33.7 Å². The first-order chi connectivity index (χ1) is 9.36. The number of likely N-dealkylation sites (N-methyl/N-ethyl adjacent to an activating group) is 1. The predicted octanol–water partition coefficient (Wildman–Crippen LogP) is 1.90. The minimum atomic E-state index is 0.341. The molecule has 106 valence electrons. The van der Waals surface area contributed by atoms with Crippen molar-refractivity contribution in [2.75, 3.05) is 44.9 Å². The Bertz CT molecular complexity index is 384. The number of hydrogen-bond acceptors (Lipinski definition) is 4. The van der Waals surface area contributed by atoms with Crippen LogP contribution in [-0.2, 0) is 4.74 Å². The van der Waals surface area contributed by atoms with E-state index < -0.39 is 0 Å². The van der Waals surface area contributed by atoms with Crippen LogP contribution in [0.3, 0.4) is 0 Å². The molecule has 1 aliphatic rings. The van der Waals surface area contributed by atoms with Gasteiger partial charge in [-0.25, -0.2) is 0 Å². The van der Waals surface area contributed by atoms with E-state index in [4.69, 9.17) is 9.47 Å². The van der Waals surface area contributed by atoms with E-state index in [-0.39, 0.29) is 0 Å². The Morgan fingerprint density at radius 3 is 3.05 bits per heavy atom. The summed E-state index contributed by atoms with van der Waals surface area (Å²) in [5, 5.41) is 3.42. The highest BCUT2D eigenvalue weighted by Gasteiger charge is 2.23. The Balaban J connectivity index is 2.20. The molecular weight excluding hydrogens is 240 g/mol. The molecule has 0 saturated heterocycles. The maximum absolute atomic E-state index is 5.81. The number of rotatable bonds is 6. The first-order valence-electron chi connectivity index (χ1n) is 7.05. The van der Waals surface area contributed by atoms with Crippen molar-refractivity contribution < 1.29 is 9.47 Å². The smallest absolute Gasteiger partial charge is 0.142 e. The van der Waals surface area contributed by atoms with Gasteiger partial charge >= 0.3 is 0 Å². The third-order valence-electron chi connectivity index (χ3n) is 3.41. The highest BCUT2D eigenvalue weighted by molar-refractivity contribution is 5.59. The van der Waals surface area contributed by atoms with E-state index in [1.807, 2.05) is 12.1 Å². The van der Waals surface area contributed by atoms with E-state index in [9.17, 15) is 0 Å². The summed E-state index contributed by atoms with van der Waals surface area (Å²) < 4.78 is 11.2. The van der Waals surface area contributed by atoms with E-state index >= 15 is 0 Å². The minimum Gasteiger partial charge on any atom is -0.491 e. The Morgan fingerprint density at radius 1 is 1.42 bits per heavy atom. The Morgan fingerprint density at radius 2 is 2.26 bits per heavy atom. The molecule has 19 heavy (non-hydrogen) atoms. The van der Waals surface area contributed by atoms with Gasteiger partial charge in [0, 0.05) is 20.2 Å². The average molecular weight is 264 g/mol. The fraction of sp³-hybridized carbons (Fsp3) is 0.600. The van der Waals surface area contributed by atoms with Crippen LogP contribution in [0.1, 0.15) is 13.3 Å². The molecule has 0 saturated carbocycles. The van der Waals surface area contributed by atoms with Crippen LogP contribution in [0.2, 0.25) is 0 Å². The Kier molecular flexibility index (Phi) is 5.48. The molecule has 2 rings (SSSR count). The molecule has 1 heterocycles. The van der Waals surface area contributed by atoms with Crippen LogP contribution in [0.15, 0.2) is 24.3 Å². The number of hydrogen-bond donors (Lipinski definition) is 1. The molecule has 0 fully saturated rings. The van der Waals surface area contributed by atoms with Gasteiger partial charge in [0.2, 0.25) is 0 Å². The van der Waals surface area contributed by atoms with Gasteiger partial charge in [-0.3, -0.25) is 0 Å². The molecule has 0 bridgehead atoms. The highest BCUT2D eigenvalue weighted by atomic mass is 16.5. The lowest BCUT2D eigenvalue weighted by molar-refractivity contribution is 0.175. The number of anilines is 1. The van der Waals surface area contributed by atoms with Crippen LogP contribution >= 0.6 is 0 Å². The molecule has 1 unspecified atom stereocenters. The number of nitrogens with zero attached hydrogens (tertiary/aromatic N) is 1. The van der Waals surface area contributed by atoms with Crippen molar-refractivity contribution in [1.29, 1.82) is 0 Å².